The van der Waals surface area contributed by atoms with Crippen LogP contribution in [0.3, 0.4) is 0 Å². The van der Waals surface area contributed by atoms with Crippen molar-refractivity contribution >= 4 is 29.3 Å². The summed E-state index contributed by atoms with van der Waals surface area (Å²) >= 11 is 0. The summed E-state index contributed by atoms with van der Waals surface area (Å²) in [6.45, 7) is 7.72. The highest BCUT2D eigenvalue weighted by Crippen LogP contribution is 2.67. The van der Waals surface area contributed by atoms with Gasteiger partial charge in [-0.3, -0.25) is 18.7 Å². The number of carbonyl (C=O) groups excluding carboxylic acids is 2. The fraction of sp³-hybridized carbons (Fsp3) is 0.655. The van der Waals surface area contributed by atoms with Crippen molar-refractivity contribution in [2.75, 3.05) is 30.3 Å². The summed E-state index contributed by atoms with van der Waals surface area (Å²) in [6.07, 6.45) is 8.59. The van der Waals surface area contributed by atoms with E-state index in [1.807, 2.05) is 0 Å². The molecule has 1 amide bonds. The lowest BCUT2D eigenvalue weighted by atomic mass is 9.43. The summed E-state index contributed by atoms with van der Waals surface area (Å²) in [5.41, 5.74) is 1.11. The number of rotatable bonds is 7. The van der Waals surface area contributed by atoms with Gasteiger partial charge in [-0.1, -0.05) is 13.8 Å². The molecular weight excluding hydrogens is 489 g/mol. The second-order valence-corrected chi connectivity index (χ2v) is 13.0. The van der Waals surface area contributed by atoms with E-state index in [0.29, 0.717) is 48.6 Å². The number of hydrogen-bond acceptors (Lipinski definition) is 7. The van der Waals surface area contributed by atoms with E-state index in [4.69, 9.17) is 13.9 Å². The van der Waals surface area contributed by atoms with Crippen molar-refractivity contribution in [3.8, 4) is 0 Å². The number of anilines is 3. The molecule has 1 unspecified atom stereocenters. The van der Waals surface area contributed by atoms with Crippen molar-refractivity contribution in [3.05, 3.63) is 29.6 Å². The summed E-state index contributed by atoms with van der Waals surface area (Å²) in [6, 6.07) is 4.36. The van der Waals surface area contributed by atoms with Crippen molar-refractivity contribution in [1.29, 1.82) is 0 Å². The number of benzene rings is 1. The van der Waals surface area contributed by atoms with Gasteiger partial charge in [0.05, 0.1) is 18.2 Å². The molecule has 38 heavy (non-hydrogen) atoms. The highest BCUT2D eigenvalue weighted by atomic mass is 19.1. The Labute approximate surface area is 222 Å². The Kier molecular flexibility index (Phi) is 6.03. The van der Waals surface area contributed by atoms with E-state index in [0.717, 1.165) is 25.2 Å². The summed E-state index contributed by atoms with van der Waals surface area (Å²) < 4.78 is 30.8. The number of piperidine rings is 1. The fourth-order valence-corrected chi connectivity index (χ4v) is 8.78. The molecule has 0 radical (unpaired) electrons. The summed E-state index contributed by atoms with van der Waals surface area (Å²) in [4.78, 5) is 26.8. The smallest absolute Gasteiger partial charge is 0.313 e. The fourth-order valence-electron chi connectivity index (χ4n) is 8.78. The number of ether oxygens (including phenoxy) is 1. The Hall–Kier alpha value is -2.97. The number of amides is 1. The van der Waals surface area contributed by atoms with Crippen molar-refractivity contribution in [1.82, 2.24) is 4.90 Å². The highest BCUT2D eigenvalue weighted by molar-refractivity contribution is 5.95. The van der Waals surface area contributed by atoms with Gasteiger partial charge in [-0.2, -0.15) is 0 Å². The Morgan fingerprint density at radius 2 is 1.84 bits per heavy atom. The number of hydrogen-bond donors (Lipinski definition) is 2. The lowest BCUT2D eigenvalue weighted by molar-refractivity contribution is -0.149. The van der Waals surface area contributed by atoms with E-state index in [-0.39, 0.29) is 41.1 Å². The normalized spacial score (nSPS) is 33.8. The van der Waals surface area contributed by atoms with E-state index in [2.05, 4.69) is 24.5 Å². The van der Waals surface area contributed by atoms with Crippen LogP contribution in [-0.2, 0) is 9.53 Å². The Morgan fingerprint density at radius 3 is 2.47 bits per heavy atom. The topological polar surface area (TPSA) is 97.0 Å². The first-order valence-electron chi connectivity index (χ1n) is 14.0. The second kappa shape index (κ2) is 9.06. The summed E-state index contributed by atoms with van der Waals surface area (Å²) in [5, 5.41) is 6.63. The maximum atomic E-state index is 15.1. The third-order valence-corrected chi connectivity index (χ3v) is 9.21. The molecular formula is C29H38FN3O5. The first kappa shape index (κ1) is 25.3. The molecule has 1 saturated heterocycles. The van der Waals surface area contributed by atoms with Gasteiger partial charge >= 0.3 is 17.7 Å². The lowest BCUT2D eigenvalue weighted by Gasteiger charge is -2.65. The number of nitrogens with one attached hydrogen (secondary N) is 2. The number of likely N-dealkylation sites (tertiary alicyclic amines) is 1. The molecule has 5 fully saturated rings. The molecule has 206 valence electrons. The molecule has 2 N–H and O–H groups in total. The third kappa shape index (κ3) is 4.58. The zero-order chi connectivity index (χ0) is 26.7. The van der Waals surface area contributed by atoms with Crippen LogP contribution >= 0.6 is 0 Å². The van der Waals surface area contributed by atoms with E-state index < -0.39 is 5.82 Å². The highest BCUT2D eigenvalue weighted by Gasteiger charge is 2.60. The van der Waals surface area contributed by atoms with Gasteiger partial charge in [-0.15, -0.1) is 0 Å². The maximum Gasteiger partial charge on any atom is 0.313 e. The van der Waals surface area contributed by atoms with Crippen LogP contribution in [0.5, 0.6) is 0 Å². The van der Waals surface area contributed by atoms with Crippen molar-refractivity contribution in [2.24, 2.45) is 22.7 Å². The maximum absolute atomic E-state index is 15.1. The SMILES string of the molecule is CCOC(=O)C1CCCN(C(=O)c2ccc(Nc3ooc3NC34CC5C[C@](C)(C3)C[C@](C)(C5)C4)c(F)c2)C1. The van der Waals surface area contributed by atoms with Gasteiger partial charge in [0.1, 0.15) is 5.82 Å². The predicted octanol–water partition coefficient (Wildman–Crippen LogP) is 6.33. The van der Waals surface area contributed by atoms with Gasteiger partial charge in [0.25, 0.3) is 5.91 Å². The van der Waals surface area contributed by atoms with Crippen LogP contribution in [-0.4, -0.2) is 42.0 Å². The van der Waals surface area contributed by atoms with Crippen LogP contribution in [0.4, 0.5) is 21.8 Å². The minimum atomic E-state index is -0.563. The molecule has 1 aromatic heterocycles. The monoisotopic (exact) mass is 527 g/mol. The van der Waals surface area contributed by atoms with Gasteiger partial charge in [0, 0.05) is 24.2 Å². The van der Waals surface area contributed by atoms with Gasteiger partial charge in [0.2, 0.25) is 0 Å². The number of carbonyl (C=O) groups is 2. The summed E-state index contributed by atoms with van der Waals surface area (Å²) in [5.74, 6) is 0.102. The van der Waals surface area contributed by atoms with Crippen LogP contribution in [0.1, 0.15) is 82.5 Å². The molecule has 0 spiro atoms. The third-order valence-electron chi connectivity index (χ3n) is 9.21. The molecule has 4 aliphatic carbocycles. The van der Waals surface area contributed by atoms with E-state index >= 15 is 4.39 Å². The second-order valence-electron chi connectivity index (χ2n) is 13.0. The molecule has 4 bridgehead atoms. The van der Waals surface area contributed by atoms with Gasteiger partial charge in [0.15, 0.2) is 0 Å². The standard InChI is InChI=1S/C29H38FN3O5/c1-4-36-26(35)20-6-5-9-33(14-20)25(34)19-7-8-22(21(30)10-19)31-23-24(38-37-23)32-29-13-18-11-27(2,16-29)15-28(3,12-18)17-29/h7-8,10,18,20,31-32H,4-6,9,11-17H2,1-3H3/t18?,20?,27-,28-,29?/m0/s1. The van der Waals surface area contributed by atoms with Crippen molar-refractivity contribution < 1.29 is 27.9 Å². The molecule has 7 rings (SSSR count). The average Bonchev–Trinajstić information content (AvgIpc) is 2.83. The molecule has 9 heteroatoms. The zero-order valence-corrected chi connectivity index (χ0v) is 22.5. The molecule has 2 heterocycles. The zero-order valence-electron chi connectivity index (χ0n) is 22.5. The molecule has 4 saturated carbocycles. The van der Waals surface area contributed by atoms with Crippen LogP contribution in [0.15, 0.2) is 27.4 Å². The van der Waals surface area contributed by atoms with E-state index in [1.54, 1.807) is 17.9 Å². The predicted molar refractivity (Wildman–Crippen MR) is 140 cm³/mol. The van der Waals surface area contributed by atoms with Gasteiger partial charge in [-0.25, -0.2) is 4.39 Å². The number of halogens is 1. The van der Waals surface area contributed by atoms with Crippen molar-refractivity contribution in [2.45, 2.75) is 77.7 Å². The molecule has 2 aromatic rings. The first-order chi connectivity index (χ1) is 18.1. The van der Waals surface area contributed by atoms with Gasteiger partial charge < -0.3 is 20.3 Å². The molecule has 1 aliphatic heterocycles. The average molecular weight is 528 g/mol. The van der Waals surface area contributed by atoms with Crippen LogP contribution in [0.2, 0.25) is 0 Å². The Morgan fingerprint density at radius 1 is 1.11 bits per heavy atom. The lowest BCUT2D eigenvalue weighted by Crippen LogP contribution is -2.61. The molecule has 1 aromatic carbocycles. The Balaban J connectivity index is 1.12. The largest absolute Gasteiger partial charge is 0.466 e. The molecule has 8 nitrogen and oxygen atoms in total. The minimum Gasteiger partial charge on any atom is -0.466 e. The Bertz CT molecular complexity index is 1220. The first-order valence-corrected chi connectivity index (χ1v) is 14.0. The number of nitrogens with zero attached hydrogens (tertiary/aromatic N) is 1. The van der Waals surface area contributed by atoms with Crippen LogP contribution < -0.4 is 10.6 Å². The van der Waals surface area contributed by atoms with E-state index in [9.17, 15) is 9.59 Å². The van der Waals surface area contributed by atoms with Gasteiger partial charge in [-0.05, 0) is 93.2 Å². The minimum absolute atomic E-state index is 0.0281. The van der Waals surface area contributed by atoms with Crippen LogP contribution in [0.25, 0.3) is 0 Å². The van der Waals surface area contributed by atoms with Crippen LogP contribution in [0, 0.1) is 28.5 Å². The number of esters is 1. The summed E-state index contributed by atoms with van der Waals surface area (Å²) in [7, 11) is 0. The molecule has 3 atom stereocenters. The van der Waals surface area contributed by atoms with Crippen molar-refractivity contribution in [3.63, 3.8) is 0 Å². The molecule has 5 aliphatic rings. The van der Waals surface area contributed by atoms with E-state index in [1.165, 1.54) is 31.4 Å². The quantitative estimate of drug-likeness (QED) is 0.321.